The van der Waals surface area contributed by atoms with Gasteiger partial charge in [0.25, 0.3) is 0 Å². The first-order chi connectivity index (χ1) is 25.4. The van der Waals surface area contributed by atoms with Crippen LogP contribution in [0.4, 0.5) is 0 Å². The Bertz CT molecular complexity index is 1670. The molecule has 11 heteroatoms. The zero-order chi connectivity index (χ0) is 36.2. The number of phenols is 1. The van der Waals surface area contributed by atoms with Crippen LogP contribution in [-0.2, 0) is 20.9 Å². The first-order valence-corrected chi connectivity index (χ1v) is 19.0. The SMILES string of the molecule is C=CCOC12Oc3ccc(O)cc3C3C(CCCCO)C(CCCCO)C=C(C(=NOCC)CC1N(Cc1ccc4c(c1)OCO4)C(=O)C1CC1)C32. The number of hydrogen-bond acceptors (Lipinski definition) is 10. The molecule has 0 saturated heterocycles. The number of aliphatic hydroxyl groups excluding tert-OH is 2. The Morgan fingerprint density at radius 2 is 1.81 bits per heavy atom. The number of amides is 1. The minimum Gasteiger partial charge on any atom is -0.508 e. The largest absolute Gasteiger partial charge is 0.508 e. The van der Waals surface area contributed by atoms with Crippen molar-refractivity contribution in [3.8, 4) is 23.0 Å². The summed E-state index contributed by atoms with van der Waals surface area (Å²) in [6.45, 7) is 7.15. The predicted octanol–water partition coefficient (Wildman–Crippen LogP) is 6.21. The summed E-state index contributed by atoms with van der Waals surface area (Å²) in [5.74, 6) is 0.298. The molecule has 0 spiro atoms. The van der Waals surface area contributed by atoms with E-state index in [1.165, 1.54) is 0 Å². The minimum absolute atomic E-state index is 0.0428. The molecule has 52 heavy (non-hydrogen) atoms. The van der Waals surface area contributed by atoms with E-state index in [0.717, 1.165) is 60.9 Å². The number of phenolic OH excluding ortho intramolecular Hbond substituents is 1. The van der Waals surface area contributed by atoms with Crippen molar-refractivity contribution in [1.82, 2.24) is 4.90 Å². The quantitative estimate of drug-likeness (QED) is 0.0991. The lowest BCUT2D eigenvalue weighted by Crippen LogP contribution is -2.70. The number of benzene rings is 2. The second-order valence-electron chi connectivity index (χ2n) is 14.6. The van der Waals surface area contributed by atoms with Gasteiger partial charge in [0.15, 0.2) is 11.5 Å². The normalized spacial score (nSPS) is 27.6. The van der Waals surface area contributed by atoms with Crippen molar-refractivity contribution >= 4 is 11.6 Å². The molecule has 0 aromatic heterocycles. The fourth-order valence-corrected chi connectivity index (χ4v) is 8.94. The number of aliphatic hydroxyl groups is 2. The number of aromatic hydroxyl groups is 1. The first-order valence-electron chi connectivity index (χ1n) is 19.0. The summed E-state index contributed by atoms with van der Waals surface area (Å²) >= 11 is 0. The molecular weight excluding hydrogens is 664 g/mol. The van der Waals surface area contributed by atoms with Gasteiger partial charge in [-0.15, -0.1) is 6.58 Å². The van der Waals surface area contributed by atoms with Gasteiger partial charge in [-0.1, -0.05) is 36.2 Å². The number of nitrogens with zero attached hydrogens (tertiary/aromatic N) is 2. The monoisotopic (exact) mass is 716 g/mol. The zero-order valence-electron chi connectivity index (χ0n) is 30.1. The topological polar surface area (TPSA) is 140 Å². The lowest BCUT2D eigenvalue weighted by Gasteiger charge is -2.60. The third-order valence-corrected chi connectivity index (χ3v) is 11.3. The van der Waals surface area contributed by atoms with Crippen molar-refractivity contribution in [2.45, 2.75) is 89.0 Å². The standard InChI is InChI=1S/C41H52N2O9/c1-3-19-50-41-37(43(40(47)27-12-13-27)24-26-11-15-35-36(20-26)49-25-48-35)23-33(42-51-4-2)31-21-28(9-5-7-17-44)30(10-6-8-18-45)38(39(31)41)32-22-29(46)14-16-34(32)52-41/h3,11,14-16,20-22,27-28,30,37-39,44-46H,1,4-10,12-13,17-19,23-25H2,2H3. The Labute approximate surface area is 305 Å². The Hall–Kier alpha value is -4.06. The summed E-state index contributed by atoms with van der Waals surface area (Å²) in [5, 5.41) is 35.2. The highest BCUT2D eigenvalue weighted by Gasteiger charge is 2.66. The van der Waals surface area contributed by atoms with E-state index in [2.05, 4.69) is 12.7 Å². The lowest BCUT2D eigenvalue weighted by molar-refractivity contribution is -0.258. The molecule has 2 saturated carbocycles. The number of hydrogen-bond donors (Lipinski definition) is 3. The van der Waals surface area contributed by atoms with E-state index >= 15 is 0 Å². The van der Waals surface area contributed by atoms with E-state index < -0.39 is 17.7 Å². The average molecular weight is 717 g/mol. The van der Waals surface area contributed by atoms with Gasteiger partial charge in [-0.2, -0.15) is 0 Å². The highest BCUT2D eigenvalue weighted by molar-refractivity contribution is 6.03. The van der Waals surface area contributed by atoms with Crippen LogP contribution in [0.2, 0.25) is 0 Å². The van der Waals surface area contributed by atoms with Crippen LogP contribution >= 0.6 is 0 Å². The van der Waals surface area contributed by atoms with E-state index in [1.807, 2.05) is 42.2 Å². The highest BCUT2D eigenvalue weighted by atomic mass is 16.7. The maximum absolute atomic E-state index is 14.6. The van der Waals surface area contributed by atoms with Gasteiger partial charge in [0, 0.05) is 43.6 Å². The molecule has 2 heterocycles. The second-order valence-corrected chi connectivity index (χ2v) is 14.6. The molecule has 1 amide bonds. The van der Waals surface area contributed by atoms with Crippen LogP contribution in [-0.4, -0.2) is 76.9 Å². The molecule has 11 nitrogen and oxygen atoms in total. The van der Waals surface area contributed by atoms with E-state index in [4.69, 9.17) is 28.9 Å². The maximum Gasteiger partial charge on any atom is 0.239 e. The first kappa shape index (κ1) is 36.3. The number of carbonyl (C=O) groups is 1. The van der Waals surface area contributed by atoms with Crippen molar-refractivity contribution in [3.63, 3.8) is 0 Å². The fourth-order valence-electron chi connectivity index (χ4n) is 8.94. The number of fused-ring (bicyclic) bond motifs is 3. The van der Waals surface area contributed by atoms with Gasteiger partial charge in [0.2, 0.25) is 18.5 Å². The number of ether oxygens (including phenoxy) is 4. The van der Waals surface area contributed by atoms with E-state index in [9.17, 15) is 20.1 Å². The van der Waals surface area contributed by atoms with Gasteiger partial charge in [0.05, 0.1) is 18.2 Å². The molecule has 2 fully saturated rings. The van der Waals surface area contributed by atoms with Crippen molar-refractivity contribution in [2.75, 3.05) is 33.2 Å². The maximum atomic E-state index is 14.6. The molecule has 3 aliphatic carbocycles. The van der Waals surface area contributed by atoms with Crippen molar-refractivity contribution in [2.24, 2.45) is 28.8 Å². The molecule has 6 unspecified atom stereocenters. The number of unbranched alkanes of at least 4 members (excludes halogenated alkanes) is 2. The van der Waals surface area contributed by atoms with Crippen LogP contribution in [0.1, 0.15) is 81.8 Å². The van der Waals surface area contributed by atoms with Crippen LogP contribution in [0, 0.1) is 23.7 Å². The van der Waals surface area contributed by atoms with Crippen LogP contribution in [0.3, 0.4) is 0 Å². The zero-order valence-corrected chi connectivity index (χ0v) is 30.1. The predicted molar refractivity (Wildman–Crippen MR) is 194 cm³/mol. The lowest BCUT2D eigenvalue weighted by atomic mass is 9.55. The van der Waals surface area contributed by atoms with E-state index in [0.29, 0.717) is 49.7 Å². The fraction of sp³-hybridized carbons (Fsp3) is 0.561. The van der Waals surface area contributed by atoms with Gasteiger partial charge >= 0.3 is 0 Å². The Morgan fingerprint density at radius 3 is 2.56 bits per heavy atom. The van der Waals surface area contributed by atoms with Crippen molar-refractivity contribution in [3.05, 3.63) is 71.8 Å². The summed E-state index contributed by atoms with van der Waals surface area (Å²) < 4.78 is 25.5. The molecule has 2 aliphatic heterocycles. The molecule has 2 aromatic rings. The van der Waals surface area contributed by atoms with Gasteiger partial charge in [-0.05, 0) is 98.8 Å². The molecule has 5 aliphatic rings. The van der Waals surface area contributed by atoms with Crippen molar-refractivity contribution < 1.29 is 43.9 Å². The minimum atomic E-state index is -1.34. The Morgan fingerprint density at radius 1 is 1.04 bits per heavy atom. The van der Waals surface area contributed by atoms with Crippen LogP contribution in [0.15, 0.2) is 65.9 Å². The second kappa shape index (κ2) is 15.9. The van der Waals surface area contributed by atoms with Crippen LogP contribution in [0.5, 0.6) is 23.0 Å². The third kappa shape index (κ3) is 7.02. The van der Waals surface area contributed by atoms with Crippen molar-refractivity contribution in [1.29, 1.82) is 0 Å². The Kier molecular flexibility index (Phi) is 11.1. The summed E-state index contributed by atoms with van der Waals surface area (Å²) in [7, 11) is 0. The number of oxime groups is 1. The molecule has 3 N–H and O–H groups in total. The van der Waals surface area contributed by atoms with Crippen LogP contribution in [0.25, 0.3) is 0 Å². The Balaban J connectivity index is 1.42. The number of rotatable bonds is 17. The number of allylic oxidation sites excluding steroid dienone is 1. The third-order valence-electron chi connectivity index (χ3n) is 11.3. The summed E-state index contributed by atoms with van der Waals surface area (Å²) in [4.78, 5) is 22.4. The highest BCUT2D eigenvalue weighted by Crippen LogP contribution is 2.62. The van der Waals surface area contributed by atoms with Gasteiger partial charge in [0.1, 0.15) is 24.1 Å². The van der Waals surface area contributed by atoms with Gasteiger partial charge in [-0.3, -0.25) is 4.79 Å². The molecule has 280 valence electrons. The molecule has 7 rings (SSSR count). The molecule has 2 aromatic carbocycles. The van der Waals surface area contributed by atoms with Gasteiger partial charge in [-0.25, -0.2) is 0 Å². The molecular formula is C41H52N2O9. The molecule has 6 atom stereocenters. The summed E-state index contributed by atoms with van der Waals surface area (Å²) in [6.07, 6.45) is 10.7. The molecule has 0 radical (unpaired) electrons. The molecule has 0 bridgehead atoms. The number of carbonyl (C=O) groups excluding carboxylic acids is 1. The van der Waals surface area contributed by atoms with E-state index in [-0.39, 0.29) is 61.9 Å². The van der Waals surface area contributed by atoms with Gasteiger partial charge < -0.3 is 44.0 Å². The van der Waals surface area contributed by atoms with Crippen LogP contribution < -0.4 is 14.2 Å². The van der Waals surface area contributed by atoms with E-state index in [1.54, 1.807) is 12.1 Å². The summed E-state index contributed by atoms with van der Waals surface area (Å²) in [5.41, 5.74) is 3.52. The summed E-state index contributed by atoms with van der Waals surface area (Å²) in [6, 6.07) is 10.4. The average Bonchev–Trinajstić information content (AvgIpc) is 3.90. The smallest absolute Gasteiger partial charge is 0.239 e.